The molecule has 23 heavy (non-hydrogen) atoms. The van der Waals surface area contributed by atoms with Crippen molar-refractivity contribution in [3.05, 3.63) is 6.20 Å². The first-order chi connectivity index (χ1) is 10.9. The summed E-state index contributed by atoms with van der Waals surface area (Å²) in [5, 5.41) is 12.7. The van der Waals surface area contributed by atoms with Gasteiger partial charge in [-0.1, -0.05) is 6.92 Å². The molecule has 0 aliphatic heterocycles. The highest BCUT2D eigenvalue weighted by atomic mass is 16.3. The third-order valence-electron chi connectivity index (χ3n) is 3.24. The zero-order valence-electron chi connectivity index (χ0n) is 14.4. The first-order valence-corrected chi connectivity index (χ1v) is 7.77. The molecular weight excluding hydrogens is 294 g/mol. The summed E-state index contributed by atoms with van der Waals surface area (Å²) in [7, 11) is 5.70. The second kappa shape index (κ2) is 7.36. The highest BCUT2D eigenvalue weighted by molar-refractivity contribution is 5.86. The van der Waals surface area contributed by atoms with E-state index >= 15 is 0 Å². The van der Waals surface area contributed by atoms with E-state index in [1.165, 1.54) is 0 Å². The Hall–Kier alpha value is -2.22. The van der Waals surface area contributed by atoms with E-state index in [0.29, 0.717) is 29.5 Å². The molecule has 8 heteroatoms. The Balaban J connectivity index is 2.46. The Bertz CT molecular complexity index is 660. The van der Waals surface area contributed by atoms with E-state index in [1.807, 2.05) is 30.9 Å². The van der Waals surface area contributed by atoms with E-state index in [-0.39, 0.29) is 0 Å². The van der Waals surface area contributed by atoms with Gasteiger partial charge in [-0.2, -0.15) is 4.98 Å². The van der Waals surface area contributed by atoms with Crippen molar-refractivity contribution >= 4 is 28.7 Å². The van der Waals surface area contributed by atoms with Crippen molar-refractivity contribution in [2.24, 2.45) is 0 Å². The SMILES string of the molecule is CCCNc1nc(N(C)C)c2nc(N(C)CC(C)O)ncc2n1. The molecule has 2 aromatic rings. The lowest BCUT2D eigenvalue weighted by Crippen LogP contribution is -2.28. The standard InChI is InChI=1S/C15H25N7O/c1-6-7-16-14-18-11-8-17-15(22(5)9-10(2)23)19-12(11)13(20-14)21(3)4/h8,10,23H,6-7,9H2,1-5H3,(H,16,18,20). The Labute approximate surface area is 136 Å². The third-order valence-corrected chi connectivity index (χ3v) is 3.24. The van der Waals surface area contributed by atoms with E-state index in [2.05, 4.69) is 32.2 Å². The van der Waals surface area contributed by atoms with E-state index in [0.717, 1.165) is 18.8 Å². The molecule has 0 fully saturated rings. The second-order valence-electron chi connectivity index (χ2n) is 5.83. The maximum Gasteiger partial charge on any atom is 0.225 e. The average Bonchev–Trinajstić information content (AvgIpc) is 2.50. The molecule has 1 unspecified atom stereocenters. The Morgan fingerprint density at radius 1 is 1.22 bits per heavy atom. The number of fused-ring (bicyclic) bond motifs is 1. The van der Waals surface area contributed by atoms with Crippen LogP contribution in [0.3, 0.4) is 0 Å². The summed E-state index contributed by atoms with van der Waals surface area (Å²) in [5.74, 6) is 1.86. The predicted octanol–water partition coefficient (Wildman–Crippen LogP) is 1.12. The fourth-order valence-corrected chi connectivity index (χ4v) is 2.19. The van der Waals surface area contributed by atoms with Crippen LogP contribution >= 0.6 is 0 Å². The molecule has 2 rings (SSSR count). The van der Waals surface area contributed by atoms with Gasteiger partial charge in [0.15, 0.2) is 5.82 Å². The molecule has 0 saturated carbocycles. The van der Waals surface area contributed by atoms with Gasteiger partial charge in [0.1, 0.15) is 11.0 Å². The number of rotatable bonds is 7. The summed E-state index contributed by atoms with van der Waals surface area (Å²) in [6.07, 6.45) is 2.24. The zero-order valence-corrected chi connectivity index (χ0v) is 14.4. The fraction of sp³-hybridized carbons (Fsp3) is 0.600. The number of aliphatic hydroxyl groups is 1. The molecule has 0 radical (unpaired) electrons. The number of likely N-dealkylation sites (N-methyl/N-ethyl adjacent to an activating group) is 1. The van der Waals surface area contributed by atoms with E-state index in [9.17, 15) is 5.11 Å². The van der Waals surface area contributed by atoms with Gasteiger partial charge in [-0.25, -0.2) is 15.0 Å². The number of hydrogen-bond donors (Lipinski definition) is 2. The van der Waals surface area contributed by atoms with Crippen LogP contribution in [-0.2, 0) is 0 Å². The normalized spacial score (nSPS) is 12.3. The highest BCUT2D eigenvalue weighted by Gasteiger charge is 2.14. The molecule has 0 aliphatic carbocycles. The minimum atomic E-state index is -0.454. The van der Waals surface area contributed by atoms with Gasteiger partial charge in [-0.3, -0.25) is 0 Å². The minimum Gasteiger partial charge on any atom is -0.392 e. The summed E-state index contributed by atoms with van der Waals surface area (Å²) in [6, 6.07) is 0. The van der Waals surface area contributed by atoms with Crippen molar-refractivity contribution in [2.75, 3.05) is 49.3 Å². The summed E-state index contributed by atoms with van der Waals surface area (Å²) >= 11 is 0. The number of hydrogen-bond acceptors (Lipinski definition) is 8. The highest BCUT2D eigenvalue weighted by Crippen LogP contribution is 2.23. The van der Waals surface area contributed by atoms with Gasteiger partial charge in [0.25, 0.3) is 0 Å². The van der Waals surface area contributed by atoms with Crippen LogP contribution in [0.5, 0.6) is 0 Å². The quantitative estimate of drug-likeness (QED) is 0.785. The molecular formula is C15H25N7O. The lowest BCUT2D eigenvalue weighted by molar-refractivity contribution is 0.201. The van der Waals surface area contributed by atoms with Crippen molar-refractivity contribution in [3.63, 3.8) is 0 Å². The molecule has 8 nitrogen and oxygen atoms in total. The van der Waals surface area contributed by atoms with Crippen LogP contribution in [0.2, 0.25) is 0 Å². The topological polar surface area (TPSA) is 90.3 Å². The van der Waals surface area contributed by atoms with Gasteiger partial charge in [-0.05, 0) is 13.3 Å². The Morgan fingerprint density at radius 3 is 2.57 bits per heavy atom. The average molecular weight is 319 g/mol. The largest absolute Gasteiger partial charge is 0.392 e. The summed E-state index contributed by atoms with van der Waals surface area (Å²) in [5.41, 5.74) is 1.39. The number of aliphatic hydroxyl groups excluding tert-OH is 1. The summed E-state index contributed by atoms with van der Waals surface area (Å²) in [4.78, 5) is 21.7. The van der Waals surface area contributed by atoms with Gasteiger partial charge in [0.2, 0.25) is 11.9 Å². The molecule has 0 bridgehead atoms. The van der Waals surface area contributed by atoms with Crippen LogP contribution in [-0.4, -0.2) is 65.4 Å². The molecule has 0 aromatic carbocycles. The van der Waals surface area contributed by atoms with Crippen LogP contribution in [0, 0.1) is 0 Å². The minimum absolute atomic E-state index is 0.454. The van der Waals surface area contributed by atoms with Crippen molar-refractivity contribution in [1.82, 2.24) is 19.9 Å². The van der Waals surface area contributed by atoms with Crippen molar-refractivity contribution < 1.29 is 5.11 Å². The lowest BCUT2D eigenvalue weighted by atomic mass is 10.3. The first-order valence-electron chi connectivity index (χ1n) is 7.77. The Kier molecular flexibility index (Phi) is 5.49. The number of nitrogens with zero attached hydrogens (tertiary/aromatic N) is 6. The fourth-order valence-electron chi connectivity index (χ4n) is 2.19. The van der Waals surface area contributed by atoms with Gasteiger partial charge in [-0.15, -0.1) is 0 Å². The van der Waals surface area contributed by atoms with Crippen LogP contribution in [0.4, 0.5) is 17.7 Å². The van der Waals surface area contributed by atoms with Crippen LogP contribution in [0.25, 0.3) is 11.0 Å². The van der Waals surface area contributed by atoms with Crippen LogP contribution < -0.4 is 15.1 Å². The maximum atomic E-state index is 9.52. The van der Waals surface area contributed by atoms with Crippen molar-refractivity contribution in [2.45, 2.75) is 26.4 Å². The van der Waals surface area contributed by atoms with Gasteiger partial charge in [0.05, 0.1) is 12.3 Å². The number of anilines is 3. The molecule has 0 aliphatic rings. The molecule has 0 amide bonds. The molecule has 2 N–H and O–H groups in total. The maximum absolute atomic E-state index is 9.52. The van der Waals surface area contributed by atoms with Gasteiger partial charge in [0, 0.05) is 34.2 Å². The molecule has 1 atom stereocenters. The second-order valence-corrected chi connectivity index (χ2v) is 5.83. The molecule has 0 saturated heterocycles. The molecule has 2 aromatic heterocycles. The molecule has 126 valence electrons. The zero-order chi connectivity index (χ0) is 17.0. The summed E-state index contributed by atoms with van der Waals surface area (Å²) < 4.78 is 0. The van der Waals surface area contributed by atoms with Gasteiger partial charge < -0.3 is 20.2 Å². The number of nitrogens with one attached hydrogen (secondary N) is 1. The predicted molar refractivity (Wildman–Crippen MR) is 93.2 cm³/mol. The lowest BCUT2D eigenvalue weighted by Gasteiger charge is -2.20. The van der Waals surface area contributed by atoms with Gasteiger partial charge >= 0.3 is 0 Å². The molecule has 2 heterocycles. The number of aromatic nitrogens is 4. The Morgan fingerprint density at radius 2 is 1.96 bits per heavy atom. The van der Waals surface area contributed by atoms with E-state index < -0.39 is 6.10 Å². The summed E-state index contributed by atoms with van der Waals surface area (Å²) in [6.45, 7) is 5.10. The van der Waals surface area contributed by atoms with E-state index in [4.69, 9.17) is 0 Å². The van der Waals surface area contributed by atoms with Crippen LogP contribution in [0.15, 0.2) is 6.20 Å². The van der Waals surface area contributed by atoms with Crippen LogP contribution in [0.1, 0.15) is 20.3 Å². The van der Waals surface area contributed by atoms with Crippen molar-refractivity contribution in [1.29, 1.82) is 0 Å². The third kappa shape index (κ3) is 4.16. The van der Waals surface area contributed by atoms with Crippen molar-refractivity contribution in [3.8, 4) is 0 Å². The molecule has 0 spiro atoms. The first kappa shape index (κ1) is 17.1. The van der Waals surface area contributed by atoms with E-state index in [1.54, 1.807) is 13.1 Å². The smallest absolute Gasteiger partial charge is 0.225 e. The monoisotopic (exact) mass is 319 g/mol.